The minimum atomic E-state index is -0.491. The van der Waals surface area contributed by atoms with Gasteiger partial charge in [0.25, 0.3) is 0 Å². The molecular formula is C6H6I2S. The van der Waals surface area contributed by atoms with Gasteiger partial charge in [-0.05, 0) is 47.8 Å². The Hall–Kier alpha value is 1.11. The molecule has 0 fully saturated rings. The van der Waals surface area contributed by atoms with Crippen molar-refractivity contribution in [2.24, 2.45) is 5.92 Å². The van der Waals surface area contributed by atoms with E-state index in [0.29, 0.717) is 5.92 Å². The Labute approximate surface area is 81.3 Å². The van der Waals surface area contributed by atoms with E-state index in [4.69, 9.17) is 6.42 Å². The summed E-state index contributed by atoms with van der Waals surface area (Å²) in [7, 11) is 0. The quantitative estimate of drug-likeness (QED) is 0.457. The van der Waals surface area contributed by atoms with Crippen LogP contribution in [-0.4, -0.2) is 5.75 Å². The minimum absolute atomic E-state index is 0.411. The Morgan fingerprint density at radius 1 is 1.67 bits per heavy atom. The largest absolute Gasteiger partial charge is 0.119 e. The Bertz CT molecular complexity index is 178. The summed E-state index contributed by atoms with van der Waals surface area (Å²) in [5.41, 5.74) is 0. The van der Waals surface area contributed by atoms with Crippen LogP contribution < -0.4 is 0 Å². The highest BCUT2D eigenvalue weighted by Crippen LogP contribution is 2.68. The fraction of sp³-hybridized carbons (Fsp3) is 0.333. The van der Waals surface area contributed by atoms with Gasteiger partial charge in [0.15, 0.2) is 0 Å². The Balaban J connectivity index is 2.63. The molecule has 0 aromatic carbocycles. The summed E-state index contributed by atoms with van der Waals surface area (Å²) in [4.78, 5) is 0. The van der Waals surface area contributed by atoms with E-state index < -0.39 is 4.37 Å². The van der Waals surface area contributed by atoms with Crippen LogP contribution in [0.1, 0.15) is 0 Å². The van der Waals surface area contributed by atoms with Gasteiger partial charge in [0.05, 0.1) is 0 Å². The first-order valence-electron chi connectivity index (χ1n) is 2.49. The molecule has 0 aromatic heterocycles. The minimum Gasteiger partial charge on any atom is -0.119 e. The molecule has 1 rings (SSSR count). The molecule has 0 bridgehead atoms. The standard InChI is InChI=1S/C6H6I2S/c1-2-6-3-4-9(7,8)5-6/h1,3-4,6H,5H2. The number of terminal acetylenes is 1. The van der Waals surface area contributed by atoms with E-state index in [9.17, 15) is 0 Å². The molecule has 0 aliphatic carbocycles. The molecule has 9 heavy (non-hydrogen) atoms. The topological polar surface area (TPSA) is 0 Å². The van der Waals surface area contributed by atoms with Crippen LogP contribution in [0, 0.1) is 18.3 Å². The molecule has 0 radical (unpaired) electrons. The van der Waals surface area contributed by atoms with Crippen molar-refractivity contribution in [1.82, 2.24) is 0 Å². The first-order valence-corrected chi connectivity index (χ1v) is 9.44. The van der Waals surface area contributed by atoms with Gasteiger partial charge in [0, 0.05) is 11.7 Å². The van der Waals surface area contributed by atoms with Gasteiger partial charge in [-0.2, -0.15) is 0 Å². The van der Waals surface area contributed by atoms with Crippen molar-refractivity contribution < 1.29 is 0 Å². The molecule has 1 atom stereocenters. The number of hydrogen-bond donors (Lipinski definition) is 0. The van der Waals surface area contributed by atoms with Gasteiger partial charge in [0.2, 0.25) is 0 Å². The van der Waals surface area contributed by atoms with E-state index >= 15 is 0 Å². The summed E-state index contributed by atoms with van der Waals surface area (Å²) in [5, 5.41) is 2.26. The molecular weight excluding hydrogens is 358 g/mol. The van der Waals surface area contributed by atoms with Gasteiger partial charge in [-0.3, -0.25) is 0 Å². The van der Waals surface area contributed by atoms with Gasteiger partial charge < -0.3 is 0 Å². The summed E-state index contributed by atoms with van der Waals surface area (Å²) < 4.78 is -0.491. The highest BCUT2D eigenvalue weighted by atomic mass is 127. The lowest BCUT2D eigenvalue weighted by Crippen LogP contribution is -1.92. The predicted molar refractivity (Wildman–Crippen MR) is 62.0 cm³/mol. The zero-order valence-corrected chi connectivity index (χ0v) is 9.81. The normalized spacial score (nSPS) is 33.7. The van der Waals surface area contributed by atoms with Gasteiger partial charge >= 0.3 is 0 Å². The molecule has 1 unspecified atom stereocenters. The van der Waals surface area contributed by atoms with Crippen molar-refractivity contribution in [3.63, 3.8) is 0 Å². The fourth-order valence-electron chi connectivity index (χ4n) is 0.664. The van der Waals surface area contributed by atoms with Crippen molar-refractivity contribution in [2.75, 3.05) is 5.75 Å². The Morgan fingerprint density at radius 2 is 2.33 bits per heavy atom. The molecule has 0 nitrogen and oxygen atoms in total. The lowest BCUT2D eigenvalue weighted by Gasteiger charge is -2.15. The van der Waals surface area contributed by atoms with E-state index in [-0.39, 0.29) is 0 Å². The van der Waals surface area contributed by atoms with E-state index in [1.807, 2.05) is 0 Å². The van der Waals surface area contributed by atoms with E-state index in [0.717, 1.165) is 0 Å². The highest BCUT2D eigenvalue weighted by molar-refractivity contribution is 14.3. The molecule has 0 amide bonds. The van der Waals surface area contributed by atoms with Crippen molar-refractivity contribution in [2.45, 2.75) is 0 Å². The summed E-state index contributed by atoms with van der Waals surface area (Å²) in [6.07, 6.45) is 7.41. The molecule has 0 spiro atoms. The maximum absolute atomic E-state index is 5.26. The van der Waals surface area contributed by atoms with E-state index in [1.54, 1.807) is 0 Å². The number of rotatable bonds is 0. The molecule has 0 saturated carbocycles. The average Bonchev–Trinajstić information content (AvgIpc) is 2.10. The average molecular weight is 364 g/mol. The molecule has 50 valence electrons. The van der Waals surface area contributed by atoms with Crippen LogP contribution in [0.5, 0.6) is 0 Å². The van der Waals surface area contributed by atoms with Crippen LogP contribution in [0.3, 0.4) is 0 Å². The Morgan fingerprint density at radius 3 is 2.56 bits per heavy atom. The second-order valence-electron chi connectivity index (χ2n) is 1.89. The van der Waals surface area contributed by atoms with Crippen molar-refractivity contribution in [3.05, 3.63) is 11.5 Å². The monoisotopic (exact) mass is 364 g/mol. The second kappa shape index (κ2) is 3.01. The second-order valence-corrected chi connectivity index (χ2v) is 18.2. The van der Waals surface area contributed by atoms with Gasteiger partial charge in [0.1, 0.15) is 0 Å². The fourth-order valence-corrected chi connectivity index (χ4v) is 5.22. The van der Waals surface area contributed by atoms with Crippen molar-refractivity contribution in [3.8, 4) is 12.3 Å². The van der Waals surface area contributed by atoms with Crippen LogP contribution in [0.4, 0.5) is 0 Å². The lowest BCUT2D eigenvalue weighted by molar-refractivity contribution is 1.02. The van der Waals surface area contributed by atoms with Crippen molar-refractivity contribution >= 4 is 46.8 Å². The third-order valence-electron chi connectivity index (χ3n) is 1.13. The van der Waals surface area contributed by atoms with Crippen LogP contribution >= 0.6 is 46.8 Å². The maximum Gasteiger partial charge on any atom is 0.0480 e. The molecule has 0 N–H and O–H groups in total. The molecule has 0 aromatic rings. The third-order valence-corrected chi connectivity index (χ3v) is 6.40. The van der Waals surface area contributed by atoms with Gasteiger partial charge in [-0.25, -0.2) is 0 Å². The molecule has 1 aliphatic rings. The molecule has 1 aliphatic heterocycles. The number of allylic oxidation sites excluding steroid dienone is 1. The molecule has 3 heteroatoms. The summed E-state index contributed by atoms with van der Waals surface area (Å²) in [5.74, 6) is 4.33. The first-order chi connectivity index (χ1) is 4.14. The summed E-state index contributed by atoms with van der Waals surface area (Å²) in [6, 6.07) is 0. The molecule has 0 saturated heterocycles. The zero-order valence-electron chi connectivity index (χ0n) is 4.68. The zero-order chi connectivity index (χ0) is 6.91. The predicted octanol–water partition coefficient (Wildman–Crippen LogP) is 3.27. The summed E-state index contributed by atoms with van der Waals surface area (Å²) >= 11 is 4.98. The number of halogens is 2. The van der Waals surface area contributed by atoms with Crippen molar-refractivity contribution in [1.29, 1.82) is 0 Å². The Kier molecular flexibility index (Phi) is 2.75. The highest BCUT2D eigenvalue weighted by Gasteiger charge is 2.22. The maximum atomic E-state index is 5.26. The van der Waals surface area contributed by atoms with E-state index in [1.165, 1.54) is 5.75 Å². The van der Waals surface area contributed by atoms with Crippen LogP contribution in [0.25, 0.3) is 0 Å². The lowest BCUT2D eigenvalue weighted by atomic mass is 10.2. The third kappa shape index (κ3) is 2.31. The van der Waals surface area contributed by atoms with Crippen LogP contribution in [0.15, 0.2) is 11.5 Å². The summed E-state index contributed by atoms with van der Waals surface area (Å²) in [6.45, 7) is 0. The van der Waals surface area contributed by atoms with Gasteiger partial charge in [-0.15, -0.1) is 10.8 Å². The SMILES string of the molecule is C#CC1C=CS(I)(I)C1. The van der Waals surface area contributed by atoms with Crippen LogP contribution in [0.2, 0.25) is 0 Å². The smallest absolute Gasteiger partial charge is 0.0480 e. The van der Waals surface area contributed by atoms with E-state index in [2.05, 4.69) is 59.8 Å². The van der Waals surface area contributed by atoms with Gasteiger partial charge in [-0.1, -0.05) is 12.0 Å². The van der Waals surface area contributed by atoms with Crippen LogP contribution in [-0.2, 0) is 0 Å². The number of hydrogen-bond acceptors (Lipinski definition) is 0. The molecule has 1 heterocycles. The first kappa shape index (κ1) is 8.21.